The summed E-state index contributed by atoms with van der Waals surface area (Å²) in [5.41, 5.74) is 2.54. The van der Waals surface area contributed by atoms with Crippen molar-refractivity contribution < 1.29 is 24.0 Å². The summed E-state index contributed by atoms with van der Waals surface area (Å²) in [7, 11) is 1.53. The minimum absolute atomic E-state index is 0.121. The van der Waals surface area contributed by atoms with Crippen LogP contribution < -0.4 is 14.9 Å². The van der Waals surface area contributed by atoms with E-state index in [1.807, 2.05) is 0 Å². The molecule has 0 aromatic heterocycles. The second-order valence-electron chi connectivity index (χ2n) is 6.13. The van der Waals surface area contributed by atoms with E-state index in [0.717, 1.165) is 0 Å². The van der Waals surface area contributed by atoms with E-state index in [1.54, 1.807) is 48.5 Å². The number of nitrogens with one attached hydrogen (secondary N) is 1. The molecule has 0 heterocycles. The smallest absolute Gasteiger partial charge is 0.343 e. The van der Waals surface area contributed by atoms with Crippen LogP contribution in [-0.2, 0) is 0 Å². The Morgan fingerprint density at radius 3 is 2.39 bits per heavy atom. The predicted octanol–water partition coefficient (Wildman–Crippen LogP) is 3.59. The highest BCUT2D eigenvalue weighted by molar-refractivity contribution is 5.99. The molecule has 3 rings (SSSR count). The number of para-hydroxylation sites is 2. The number of nitrogens with zero attached hydrogens (tertiary/aromatic N) is 2. The van der Waals surface area contributed by atoms with Crippen molar-refractivity contribution in [2.24, 2.45) is 5.10 Å². The number of benzene rings is 3. The van der Waals surface area contributed by atoms with E-state index in [9.17, 15) is 19.7 Å². The predicted molar refractivity (Wildman–Crippen MR) is 113 cm³/mol. The lowest BCUT2D eigenvalue weighted by Gasteiger charge is -2.08. The third kappa shape index (κ3) is 5.30. The number of hydrogen-bond acceptors (Lipinski definition) is 7. The van der Waals surface area contributed by atoms with Crippen molar-refractivity contribution in [3.63, 3.8) is 0 Å². The molecule has 3 aromatic rings. The zero-order chi connectivity index (χ0) is 22.2. The number of nitro groups is 1. The monoisotopic (exact) mass is 419 g/mol. The highest BCUT2D eigenvalue weighted by atomic mass is 16.6. The fraction of sp³-hybridized carbons (Fsp3) is 0.0455. The van der Waals surface area contributed by atoms with Gasteiger partial charge in [0.2, 0.25) is 0 Å². The molecule has 1 amide bonds. The first-order chi connectivity index (χ1) is 15.0. The topological polar surface area (TPSA) is 120 Å². The van der Waals surface area contributed by atoms with Crippen molar-refractivity contribution in [1.82, 2.24) is 5.43 Å². The van der Waals surface area contributed by atoms with E-state index in [2.05, 4.69) is 10.5 Å². The molecule has 9 nitrogen and oxygen atoms in total. The van der Waals surface area contributed by atoms with Crippen LogP contribution in [0.3, 0.4) is 0 Å². The van der Waals surface area contributed by atoms with E-state index in [1.165, 1.54) is 37.6 Å². The van der Waals surface area contributed by atoms with Gasteiger partial charge in [0.25, 0.3) is 11.6 Å². The van der Waals surface area contributed by atoms with Crippen molar-refractivity contribution in [1.29, 1.82) is 0 Å². The highest BCUT2D eigenvalue weighted by Gasteiger charge is 2.18. The third-order valence-corrected chi connectivity index (χ3v) is 4.16. The summed E-state index contributed by atoms with van der Waals surface area (Å²) >= 11 is 0. The number of hydrogen-bond donors (Lipinski definition) is 1. The first-order valence-corrected chi connectivity index (χ1v) is 9.01. The standard InChI is InChI=1S/C22H17N3O6/c1-30-17-12-10-15(11-13-17)22(27)31-20-9-5-2-6-16(20)14-23-24-21(26)18-7-3-4-8-19(18)25(28)29/h2-14H,1H3,(H,24,26)/b23-14+. The molecule has 0 bridgehead atoms. The van der Waals surface area contributed by atoms with Gasteiger partial charge in [0, 0.05) is 11.6 Å². The second-order valence-corrected chi connectivity index (χ2v) is 6.13. The Hall–Kier alpha value is -4.53. The molecule has 0 saturated heterocycles. The van der Waals surface area contributed by atoms with Crippen molar-refractivity contribution in [2.45, 2.75) is 0 Å². The van der Waals surface area contributed by atoms with Gasteiger partial charge in [-0.05, 0) is 42.5 Å². The molecule has 31 heavy (non-hydrogen) atoms. The van der Waals surface area contributed by atoms with E-state index >= 15 is 0 Å². The first-order valence-electron chi connectivity index (χ1n) is 9.01. The summed E-state index contributed by atoms with van der Waals surface area (Å²) in [5.74, 6) is -0.478. The maximum atomic E-state index is 12.4. The summed E-state index contributed by atoms with van der Waals surface area (Å²) in [6.07, 6.45) is 1.28. The average Bonchev–Trinajstić information content (AvgIpc) is 2.80. The summed E-state index contributed by atoms with van der Waals surface area (Å²) in [6.45, 7) is 0. The molecule has 0 fully saturated rings. The van der Waals surface area contributed by atoms with Gasteiger partial charge in [-0.25, -0.2) is 10.2 Å². The van der Waals surface area contributed by atoms with Crippen molar-refractivity contribution in [2.75, 3.05) is 7.11 Å². The van der Waals surface area contributed by atoms with Gasteiger partial charge in [-0.15, -0.1) is 0 Å². The number of carbonyl (C=O) groups is 2. The molecular formula is C22H17N3O6. The lowest BCUT2D eigenvalue weighted by Crippen LogP contribution is -2.19. The minimum Gasteiger partial charge on any atom is -0.497 e. The van der Waals surface area contributed by atoms with Crippen LogP contribution in [0, 0.1) is 10.1 Å². The zero-order valence-corrected chi connectivity index (χ0v) is 16.3. The van der Waals surface area contributed by atoms with Crippen LogP contribution in [0.1, 0.15) is 26.3 Å². The third-order valence-electron chi connectivity index (χ3n) is 4.16. The molecule has 0 unspecified atom stereocenters. The normalized spacial score (nSPS) is 10.5. The molecular weight excluding hydrogens is 402 g/mol. The fourth-order valence-corrected chi connectivity index (χ4v) is 2.61. The number of methoxy groups -OCH3 is 1. The molecule has 0 radical (unpaired) electrons. The number of carbonyl (C=O) groups excluding carboxylic acids is 2. The van der Waals surface area contributed by atoms with Gasteiger partial charge in [0.15, 0.2) is 0 Å². The molecule has 1 N–H and O–H groups in total. The Balaban J connectivity index is 1.71. The van der Waals surface area contributed by atoms with E-state index in [-0.39, 0.29) is 17.0 Å². The van der Waals surface area contributed by atoms with Gasteiger partial charge in [-0.2, -0.15) is 5.10 Å². The maximum absolute atomic E-state index is 12.4. The number of rotatable bonds is 7. The summed E-state index contributed by atoms with van der Waals surface area (Å²) in [4.78, 5) is 35.0. The number of nitro benzene ring substituents is 1. The highest BCUT2D eigenvalue weighted by Crippen LogP contribution is 2.20. The van der Waals surface area contributed by atoms with Crippen LogP contribution in [0.25, 0.3) is 0 Å². The molecule has 0 aliphatic heterocycles. The Morgan fingerprint density at radius 2 is 1.68 bits per heavy atom. The van der Waals surface area contributed by atoms with Crippen LogP contribution in [0.2, 0.25) is 0 Å². The van der Waals surface area contributed by atoms with Gasteiger partial charge in [0.05, 0.1) is 23.8 Å². The lowest BCUT2D eigenvalue weighted by molar-refractivity contribution is -0.385. The van der Waals surface area contributed by atoms with Crippen molar-refractivity contribution >= 4 is 23.8 Å². The van der Waals surface area contributed by atoms with Gasteiger partial charge < -0.3 is 9.47 Å². The number of esters is 1. The Morgan fingerprint density at radius 1 is 1.00 bits per heavy atom. The Kier molecular flexibility index (Phi) is 6.69. The quantitative estimate of drug-likeness (QED) is 0.205. The SMILES string of the molecule is COc1ccc(C(=O)Oc2ccccc2/C=N/NC(=O)c2ccccc2[N+](=O)[O-])cc1. The minimum atomic E-state index is -0.740. The molecule has 0 aliphatic carbocycles. The zero-order valence-electron chi connectivity index (χ0n) is 16.3. The summed E-state index contributed by atoms with van der Waals surface area (Å²) in [5, 5.41) is 14.9. The van der Waals surface area contributed by atoms with Gasteiger partial charge in [-0.1, -0.05) is 24.3 Å². The molecule has 156 valence electrons. The van der Waals surface area contributed by atoms with Gasteiger partial charge in [0.1, 0.15) is 17.1 Å². The number of hydrazone groups is 1. The molecule has 0 saturated carbocycles. The van der Waals surface area contributed by atoms with E-state index in [0.29, 0.717) is 16.9 Å². The van der Waals surface area contributed by atoms with E-state index in [4.69, 9.17) is 9.47 Å². The van der Waals surface area contributed by atoms with Crippen molar-refractivity contribution in [3.8, 4) is 11.5 Å². The molecule has 3 aromatic carbocycles. The lowest BCUT2D eigenvalue weighted by atomic mass is 10.2. The second kappa shape index (κ2) is 9.79. The van der Waals surface area contributed by atoms with Crippen LogP contribution in [0.5, 0.6) is 11.5 Å². The van der Waals surface area contributed by atoms with Gasteiger partial charge in [-0.3, -0.25) is 14.9 Å². The molecule has 0 aliphatic rings. The molecule has 0 atom stereocenters. The van der Waals surface area contributed by atoms with Gasteiger partial charge >= 0.3 is 5.97 Å². The van der Waals surface area contributed by atoms with Crippen molar-refractivity contribution in [3.05, 3.63) is 99.6 Å². The first kappa shape index (κ1) is 21.2. The van der Waals surface area contributed by atoms with E-state index < -0.39 is 16.8 Å². The molecule has 9 heteroatoms. The van der Waals surface area contributed by atoms with Crippen LogP contribution in [0.4, 0.5) is 5.69 Å². The van der Waals surface area contributed by atoms with Crippen LogP contribution in [-0.4, -0.2) is 30.1 Å². The summed E-state index contributed by atoms with van der Waals surface area (Å²) in [6, 6.07) is 18.6. The van der Waals surface area contributed by atoms with Crippen LogP contribution >= 0.6 is 0 Å². The Labute approximate surface area is 177 Å². The Bertz CT molecular complexity index is 1140. The maximum Gasteiger partial charge on any atom is 0.343 e. The summed E-state index contributed by atoms with van der Waals surface area (Å²) < 4.78 is 10.5. The number of ether oxygens (including phenoxy) is 2. The molecule has 0 spiro atoms. The van der Waals surface area contributed by atoms with Crippen LogP contribution in [0.15, 0.2) is 77.9 Å². The number of amides is 1. The fourth-order valence-electron chi connectivity index (χ4n) is 2.61. The average molecular weight is 419 g/mol. The largest absolute Gasteiger partial charge is 0.497 e.